The summed E-state index contributed by atoms with van der Waals surface area (Å²) >= 11 is 5.79. The zero-order valence-corrected chi connectivity index (χ0v) is 32.8. The molecule has 2 aliphatic carbocycles. The lowest BCUT2D eigenvalue weighted by Gasteiger charge is -2.24. The van der Waals surface area contributed by atoms with E-state index in [0.717, 1.165) is 69.2 Å². The zero-order chi connectivity index (χ0) is 41.7. The lowest BCUT2D eigenvalue weighted by molar-refractivity contribution is 0.0684. The number of fused-ring (bicyclic) bond motifs is 4. The Morgan fingerprint density at radius 1 is 0.729 bits per heavy atom. The van der Waals surface area contributed by atoms with Gasteiger partial charge in [-0.2, -0.15) is 10.5 Å². The van der Waals surface area contributed by atoms with Crippen molar-refractivity contribution in [3.8, 4) is 12.1 Å². The number of carboxylic acids is 2. The number of anilines is 1. The molecule has 10 rings (SSSR count). The molecule has 4 saturated heterocycles. The molecule has 17 heteroatoms. The molecule has 4 unspecified atom stereocenters. The van der Waals surface area contributed by atoms with Crippen molar-refractivity contribution in [2.75, 3.05) is 44.2 Å². The van der Waals surface area contributed by atoms with Crippen molar-refractivity contribution in [3.63, 3.8) is 0 Å². The Bertz CT molecular complexity index is 2570. The zero-order valence-electron chi connectivity index (χ0n) is 32.1. The number of hydrogen-bond donors (Lipinski definition) is 5. The summed E-state index contributed by atoms with van der Waals surface area (Å²) in [6.45, 7) is 5.91. The van der Waals surface area contributed by atoms with Gasteiger partial charge < -0.3 is 40.2 Å². The molecule has 0 amide bonds. The molecule has 6 aliphatic rings. The van der Waals surface area contributed by atoms with Gasteiger partial charge in [0.05, 0.1) is 38.1 Å². The minimum Gasteiger partial charge on any atom is -0.477 e. The van der Waals surface area contributed by atoms with Crippen LogP contribution in [-0.4, -0.2) is 82.6 Å². The van der Waals surface area contributed by atoms with Crippen LogP contribution >= 0.6 is 11.6 Å². The van der Waals surface area contributed by atoms with E-state index in [-0.39, 0.29) is 56.3 Å². The Kier molecular flexibility index (Phi) is 11.2. The number of carboxylic acid groups (broad SMARTS) is 2. The molecular formula is C42H43ClF2N8O6. The average Bonchev–Trinajstić information content (AvgIpc) is 4.16. The fourth-order valence-electron chi connectivity index (χ4n) is 9.20. The molecule has 308 valence electrons. The second-order valence-electron chi connectivity index (χ2n) is 16.3. The van der Waals surface area contributed by atoms with E-state index in [4.69, 9.17) is 16.7 Å². The van der Waals surface area contributed by atoms with Crippen LogP contribution in [0, 0.1) is 46.1 Å². The van der Waals surface area contributed by atoms with Crippen LogP contribution in [-0.2, 0) is 0 Å². The molecule has 2 aromatic heterocycles. The summed E-state index contributed by atoms with van der Waals surface area (Å²) in [6.07, 6.45) is 10.8. The number of carbonyl (C=O) groups is 2. The number of hydrogen-bond acceptors (Lipinski definition) is 10. The van der Waals surface area contributed by atoms with E-state index in [9.17, 15) is 39.2 Å². The maximum atomic E-state index is 15.2. The first-order chi connectivity index (χ1) is 28.4. The van der Waals surface area contributed by atoms with Crippen molar-refractivity contribution < 1.29 is 28.6 Å². The minimum absolute atomic E-state index is 0.000159. The van der Waals surface area contributed by atoms with Crippen molar-refractivity contribution in [2.45, 2.75) is 75.5 Å². The molecule has 2 aromatic carbocycles. The molecular weight excluding hydrogens is 786 g/mol. The first kappa shape index (κ1) is 40.4. The summed E-state index contributed by atoms with van der Waals surface area (Å²) in [7, 11) is 0. The Morgan fingerprint density at radius 3 is 1.76 bits per heavy atom. The number of aromatic carboxylic acids is 2. The van der Waals surface area contributed by atoms with Gasteiger partial charge >= 0.3 is 11.9 Å². The van der Waals surface area contributed by atoms with E-state index in [1.165, 1.54) is 44.9 Å². The third-order valence-electron chi connectivity index (χ3n) is 12.4. The number of rotatable bonds is 5. The van der Waals surface area contributed by atoms with Gasteiger partial charge in [0.15, 0.2) is 0 Å². The monoisotopic (exact) mass is 828 g/mol. The average molecular weight is 829 g/mol. The van der Waals surface area contributed by atoms with Gasteiger partial charge in [-0.15, -0.1) is 0 Å². The second-order valence-corrected chi connectivity index (χ2v) is 16.6. The lowest BCUT2D eigenvalue weighted by Crippen LogP contribution is -2.40. The van der Waals surface area contributed by atoms with Crippen molar-refractivity contribution in [3.05, 3.63) is 83.9 Å². The maximum absolute atomic E-state index is 15.2. The van der Waals surface area contributed by atoms with Gasteiger partial charge in [-0.25, -0.2) is 18.4 Å². The minimum atomic E-state index is -1.38. The molecule has 0 spiro atoms. The van der Waals surface area contributed by atoms with E-state index in [1.54, 1.807) is 15.2 Å². The molecule has 14 nitrogen and oxygen atoms in total. The van der Waals surface area contributed by atoms with Crippen LogP contribution in [0.1, 0.15) is 95.3 Å². The third kappa shape index (κ3) is 7.66. The number of benzene rings is 2. The van der Waals surface area contributed by atoms with E-state index in [1.807, 2.05) is 4.90 Å². The molecule has 6 fully saturated rings. The quantitative estimate of drug-likeness (QED) is 0.183. The van der Waals surface area contributed by atoms with Crippen LogP contribution < -0.4 is 31.7 Å². The van der Waals surface area contributed by atoms with Gasteiger partial charge in [0.25, 0.3) is 0 Å². The van der Waals surface area contributed by atoms with Gasteiger partial charge in [0.2, 0.25) is 10.9 Å². The number of nitrogens with one attached hydrogen (secondary N) is 3. The number of pyridine rings is 2. The predicted octanol–water partition coefficient (Wildman–Crippen LogP) is 4.89. The highest BCUT2D eigenvalue weighted by Crippen LogP contribution is 2.42. The van der Waals surface area contributed by atoms with Crippen molar-refractivity contribution in [1.82, 2.24) is 25.1 Å². The summed E-state index contributed by atoms with van der Waals surface area (Å²) in [6, 6.07) is 7.05. The number of nitrogens with zero attached hydrogens (tertiary/aromatic N) is 5. The molecule has 0 bridgehead atoms. The highest BCUT2D eigenvalue weighted by molar-refractivity contribution is 6.33. The summed E-state index contributed by atoms with van der Waals surface area (Å²) in [4.78, 5) is 49.5. The topological polar surface area (TPSA) is 206 Å². The number of aromatic nitrogens is 2. The molecule has 4 aliphatic heterocycles. The normalized spacial score (nSPS) is 23.2. The number of piperidine rings is 2. The third-order valence-corrected chi connectivity index (χ3v) is 12.8. The molecule has 4 atom stereocenters. The molecule has 59 heavy (non-hydrogen) atoms. The molecule has 6 heterocycles. The second kappa shape index (κ2) is 16.3. The van der Waals surface area contributed by atoms with Gasteiger partial charge in [0, 0.05) is 56.2 Å². The molecule has 2 saturated carbocycles. The fraction of sp³-hybridized carbons (Fsp3) is 0.476. The Morgan fingerprint density at radius 2 is 1.25 bits per heavy atom. The smallest absolute Gasteiger partial charge is 0.341 e. The van der Waals surface area contributed by atoms with E-state index in [0.29, 0.717) is 24.5 Å². The lowest BCUT2D eigenvalue weighted by atomic mass is 9.94. The molecule has 4 aromatic rings. The standard InChI is InChI=1S/C21H21FN4O3.C14H8ClFN2O3.C7H14N2/c22-16-6-13-18(26(12-3-4-12)9-15(20(13)27)21(28)29)14(7-23)19(16)25-8-11-2-1-5-24-17(11)10-25;15-11-8(4-17)12-7(3-10(11)16)13(19)9(14(20)21)5-18(12)6-1-2-6;1-2-6-4-8-5-7(6)9-3-1/h6,9,11-12,17,24H,1-5,8,10H2,(H,28,29);3,5-6H,1-2H2,(H,20,21);6-9H,1-5H2. The Labute approximate surface area is 342 Å². The van der Waals surface area contributed by atoms with E-state index in [2.05, 4.69) is 22.0 Å². The highest BCUT2D eigenvalue weighted by atomic mass is 35.5. The van der Waals surface area contributed by atoms with Crippen LogP contribution in [0.25, 0.3) is 21.8 Å². The molecule has 0 radical (unpaired) electrons. The van der Waals surface area contributed by atoms with Crippen LogP contribution in [0.2, 0.25) is 5.02 Å². The summed E-state index contributed by atoms with van der Waals surface area (Å²) in [5.74, 6) is -2.93. The first-order valence-corrected chi connectivity index (χ1v) is 20.5. The first-order valence-electron chi connectivity index (χ1n) is 20.1. The van der Waals surface area contributed by atoms with E-state index >= 15 is 4.39 Å². The van der Waals surface area contributed by atoms with Crippen molar-refractivity contribution in [2.24, 2.45) is 11.8 Å². The van der Waals surface area contributed by atoms with Crippen LogP contribution in [0.5, 0.6) is 0 Å². The van der Waals surface area contributed by atoms with E-state index < -0.39 is 45.6 Å². The number of halogens is 3. The van der Waals surface area contributed by atoms with Crippen molar-refractivity contribution in [1.29, 1.82) is 10.5 Å². The maximum Gasteiger partial charge on any atom is 0.341 e. The van der Waals surface area contributed by atoms with Crippen molar-refractivity contribution >= 4 is 51.0 Å². The summed E-state index contributed by atoms with van der Waals surface area (Å²) in [5, 5.41) is 47.5. The van der Waals surface area contributed by atoms with Gasteiger partial charge in [0.1, 0.15) is 40.5 Å². The SMILES string of the molecule is C1CNC2CNCC2C1.N#Cc1c(Cl)c(F)cc2c(=O)c(C(=O)O)cn(C3CC3)c12.N#Cc1c(N2CC3CCCNC3C2)c(F)cc2c(=O)c(C(=O)O)cn(C3CC3)c12. The van der Waals surface area contributed by atoms with Crippen LogP contribution in [0.3, 0.4) is 0 Å². The Balaban J connectivity index is 0.000000140. The summed E-state index contributed by atoms with van der Waals surface area (Å²) in [5.41, 5.74) is -1.65. The van der Waals surface area contributed by atoms with Crippen LogP contribution in [0.4, 0.5) is 14.5 Å². The van der Waals surface area contributed by atoms with Crippen LogP contribution in [0.15, 0.2) is 34.1 Å². The largest absolute Gasteiger partial charge is 0.477 e. The highest BCUT2D eigenvalue weighted by Gasteiger charge is 2.38. The Hall–Kier alpha value is -5.39. The fourth-order valence-corrected chi connectivity index (χ4v) is 9.39. The molecule has 5 N–H and O–H groups in total. The van der Waals surface area contributed by atoms with Gasteiger partial charge in [-0.1, -0.05) is 11.6 Å². The van der Waals surface area contributed by atoms with Gasteiger partial charge in [-0.05, 0) is 95.0 Å². The number of nitriles is 2. The summed E-state index contributed by atoms with van der Waals surface area (Å²) < 4.78 is 32.3. The van der Waals surface area contributed by atoms with Gasteiger partial charge in [-0.3, -0.25) is 9.59 Å². The predicted molar refractivity (Wildman–Crippen MR) is 215 cm³/mol.